The molecule has 3 heteroatoms. The Labute approximate surface area is 90.6 Å². The molecule has 0 spiro atoms. The van der Waals surface area contributed by atoms with Gasteiger partial charge in [0.05, 0.1) is 13.2 Å². The molecule has 1 rings (SSSR count). The number of methoxy groups -OCH3 is 1. The van der Waals surface area contributed by atoms with Crippen molar-refractivity contribution < 1.29 is 14.6 Å². The summed E-state index contributed by atoms with van der Waals surface area (Å²) in [6.45, 7) is 2.76. The molecular weight excluding hydrogens is 192 g/mol. The summed E-state index contributed by atoms with van der Waals surface area (Å²) in [5.41, 5.74) is 1.12. The van der Waals surface area contributed by atoms with Crippen LogP contribution >= 0.6 is 0 Å². The van der Waals surface area contributed by atoms with Crippen molar-refractivity contribution in [1.29, 1.82) is 0 Å². The van der Waals surface area contributed by atoms with Crippen molar-refractivity contribution in [2.75, 3.05) is 20.3 Å². The van der Waals surface area contributed by atoms with E-state index in [0.717, 1.165) is 11.3 Å². The fourth-order valence-corrected chi connectivity index (χ4v) is 1.30. The van der Waals surface area contributed by atoms with Gasteiger partial charge >= 0.3 is 0 Å². The van der Waals surface area contributed by atoms with Crippen LogP contribution in [0.25, 0.3) is 0 Å². The van der Waals surface area contributed by atoms with Crippen molar-refractivity contribution in [3.63, 3.8) is 0 Å². The van der Waals surface area contributed by atoms with Gasteiger partial charge in [0.15, 0.2) is 0 Å². The van der Waals surface area contributed by atoms with Crippen LogP contribution in [-0.4, -0.2) is 25.4 Å². The van der Waals surface area contributed by atoms with Crippen molar-refractivity contribution in [3.8, 4) is 5.75 Å². The van der Waals surface area contributed by atoms with Gasteiger partial charge in [-0.25, -0.2) is 0 Å². The second kappa shape index (κ2) is 6.43. The first-order valence-electron chi connectivity index (χ1n) is 5.14. The Morgan fingerprint density at radius 1 is 1.27 bits per heavy atom. The van der Waals surface area contributed by atoms with Crippen LogP contribution in [-0.2, 0) is 4.74 Å². The fourth-order valence-electron chi connectivity index (χ4n) is 1.30. The minimum atomic E-state index is 0.0578. The molecule has 0 aromatic heterocycles. The van der Waals surface area contributed by atoms with Gasteiger partial charge in [-0.05, 0) is 31.0 Å². The second-order valence-corrected chi connectivity index (χ2v) is 3.36. The van der Waals surface area contributed by atoms with E-state index >= 15 is 0 Å². The normalized spacial score (nSPS) is 12.5. The lowest BCUT2D eigenvalue weighted by Gasteiger charge is -2.13. The van der Waals surface area contributed by atoms with Gasteiger partial charge in [-0.2, -0.15) is 0 Å². The third kappa shape index (κ3) is 3.90. The summed E-state index contributed by atoms with van der Waals surface area (Å²) in [6.07, 6.45) is 0.739. The Kier molecular flexibility index (Phi) is 5.15. The van der Waals surface area contributed by atoms with Gasteiger partial charge in [0.25, 0.3) is 0 Å². The number of aliphatic hydroxyl groups is 1. The summed E-state index contributed by atoms with van der Waals surface area (Å²) in [7, 11) is 1.65. The molecule has 84 valence electrons. The van der Waals surface area contributed by atoms with Crippen molar-refractivity contribution in [2.45, 2.75) is 19.4 Å². The highest BCUT2D eigenvalue weighted by Crippen LogP contribution is 2.19. The van der Waals surface area contributed by atoms with E-state index in [1.165, 1.54) is 0 Å². The van der Waals surface area contributed by atoms with Crippen LogP contribution < -0.4 is 4.74 Å². The topological polar surface area (TPSA) is 38.7 Å². The molecule has 1 N–H and O–H groups in total. The minimum absolute atomic E-state index is 0.0578. The Morgan fingerprint density at radius 3 is 2.47 bits per heavy atom. The Bertz CT molecular complexity index is 269. The molecule has 0 fully saturated rings. The molecule has 3 nitrogen and oxygen atoms in total. The van der Waals surface area contributed by atoms with E-state index < -0.39 is 0 Å². The Balaban J connectivity index is 2.46. The molecule has 0 saturated heterocycles. The molecule has 0 saturated carbocycles. The number of ether oxygens (including phenoxy) is 2. The monoisotopic (exact) mass is 210 g/mol. The van der Waals surface area contributed by atoms with E-state index in [-0.39, 0.29) is 12.7 Å². The maximum Gasteiger partial charge on any atom is 0.118 e. The van der Waals surface area contributed by atoms with Crippen molar-refractivity contribution in [1.82, 2.24) is 0 Å². The van der Waals surface area contributed by atoms with Gasteiger partial charge < -0.3 is 14.6 Å². The average molecular weight is 210 g/mol. The number of aliphatic hydroxyl groups excluding tert-OH is 1. The van der Waals surface area contributed by atoms with E-state index in [4.69, 9.17) is 14.6 Å². The summed E-state index contributed by atoms with van der Waals surface area (Å²) in [4.78, 5) is 0. The van der Waals surface area contributed by atoms with Gasteiger partial charge in [-0.3, -0.25) is 0 Å². The van der Waals surface area contributed by atoms with Crippen LogP contribution in [0.1, 0.15) is 25.0 Å². The highest BCUT2D eigenvalue weighted by atomic mass is 16.5. The average Bonchev–Trinajstić information content (AvgIpc) is 2.29. The zero-order valence-corrected chi connectivity index (χ0v) is 9.27. The molecule has 15 heavy (non-hydrogen) atoms. The molecule has 1 atom stereocenters. The van der Waals surface area contributed by atoms with E-state index in [0.29, 0.717) is 13.0 Å². The zero-order valence-electron chi connectivity index (χ0n) is 9.27. The van der Waals surface area contributed by atoms with Gasteiger partial charge in [0.2, 0.25) is 0 Å². The zero-order chi connectivity index (χ0) is 11.1. The highest BCUT2D eigenvalue weighted by Gasteiger charge is 2.04. The summed E-state index contributed by atoms with van der Waals surface area (Å²) in [5.74, 6) is 0.848. The molecule has 0 aliphatic heterocycles. The molecule has 1 aromatic rings. The quantitative estimate of drug-likeness (QED) is 0.731. The third-order valence-corrected chi connectivity index (χ3v) is 2.26. The third-order valence-electron chi connectivity index (χ3n) is 2.26. The molecule has 0 heterocycles. The van der Waals surface area contributed by atoms with Crippen molar-refractivity contribution in [3.05, 3.63) is 29.8 Å². The van der Waals surface area contributed by atoms with Gasteiger partial charge in [-0.1, -0.05) is 12.1 Å². The van der Waals surface area contributed by atoms with Crippen LogP contribution in [0, 0.1) is 0 Å². The predicted octanol–water partition coefficient (Wildman–Crippen LogP) is 2.16. The van der Waals surface area contributed by atoms with Crippen molar-refractivity contribution >= 4 is 0 Å². The lowest BCUT2D eigenvalue weighted by Crippen LogP contribution is -2.03. The number of hydrogen-bond donors (Lipinski definition) is 1. The van der Waals surface area contributed by atoms with Crippen LogP contribution in [0.4, 0.5) is 0 Å². The predicted molar refractivity (Wildman–Crippen MR) is 59.1 cm³/mol. The summed E-state index contributed by atoms with van der Waals surface area (Å²) >= 11 is 0. The van der Waals surface area contributed by atoms with Crippen LogP contribution in [0.15, 0.2) is 24.3 Å². The highest BCUT2D eigenvalue weighted by molar-refractivity contribution is 5.28. The molecule has 0 aliphatic carbocycles. The standard InChI is InChI=1S/C12H18O3/c1-10(15-9-3-8-13)11-4-6-12(14-2)7-5-11/h4-7,10,13H,3,8-9H2,1-2H3. The molecule has 0 aliphatic rings. The van der Waals surface area contributed by atoms with E-state index in [1.54, 1.807) is 7.11 Å². The first kappa shape index (κ1) is 12.0. The number of hydrogen-bond acceptors (Lipinski definition) is 3. The van der Waals surface area contributed by atoms with Gasteiger partial charge in [-0.15, -0.1) is 0 Å². The number of benzene rings is 1. The van der Waals surface area contributed by atoms with Crippen LogP contribution in [0.3, 0.4) is 0 Å². The van der Waals surface area contributed by atoms with E-state index in [9.17, 15) is 0 Å². The summed E-state index contributed by atoms with van der Waals surface area (Å²) < 4.78 is 10.6. The lowest BCUT2D eigenvalue weighted by atomic mass is 10.1. The van der Waals surface area contributed by atoms with Gasteiger partial charge in [0.1, 0.15) is 5.75 Å². The van der Waals surface area contributed by atoms with Gasteiger partial charge in [0, 0.05) is 13.2 Å². The maximum absolute atomic E-state index is 8.62. The second-order valence-electron chi connectivity index (χ2n) is 3.36. The lowest BCUT2D eigenvalue weighted by molar-refractivity contribution is 0.0553. The first-order chi connectivity index (χ1) is 7.27. The largest absolute Gasteiger partial charge is 0.497 e. The molecule has 1 unspecified atom stereocenters. The first-order valence-corrected chi connectivity index (χ1v) is 5.14. The van der Waals surface area contributed by atoms with Crippen molar-refractivity contribution in [2.24, 2.45) is 0 Å². The fraction of sp³-hybridized carbons (Fsp3) is 0.500. The molecule has 0 amide bonds. The van der Waals surface area contributed by atoms with E-state index in [1.807, 2.05) is 31.2 Å². The minimum Gasteiger partial charge on any atom is -0.497 e. The van der Waals surface area contributed by atoms with Crippen LogP contribution in [0.2, 0.25) is 0 Å². The molecule has 0 bridgehead atoms. The maximum atomic E-state index is 8.62. The molecular formula is C12H18O3. The van der Waals surface area contributed by atoms with Crippen LogP contribution in [0.5, 0.6) is 5.75 Å². The SMILES string of the molecule is COc1ccc(C(C)OCCCO)cc1. The molecule has 0 radical (unpaired) electrons. The van der Waals surface area contributed by atoms with E-state index in [2.05, 4.69) is 0 Å². The Morgan fingerprint density at radius 2 is 1.93 bits per heavy atom. The summed E-state index contributed by atoms with van der Waals surface area (Å²) in [6, 6.07) is 7.81. The smallest absolute Gasteiger partial charge is 0.118 e. The summed E-state index contributed by atoms with van der Waals surface area (Å²) in [5, 5.41) is 8.62. The number of rotatable bonds is 6. The molecule has 1 aromatic carbocycles. The Hall–Kier alpha value is -1.06.